The maximum atomic E-state index is 12.2. The first-order chi connectivity index (χ1) is 12.2. The predicted molar refractivity (Wildman–Crippen MR) is 99.2 cm³/mol. The molecule has 0 bridgehead atoms. The van der Waals surface area contributed by atoms with Crippen LogP contribution in [-0.4, -0.2) is 58.2 Å². The summed E-state index contributed by atoms with van der Waals surface area (Å²) in [5.74, 6) is 0.123. The normalized spacial score (nSPS) is 19.9. The molecule has 0 radical (unpaired) electrons. The van der Waals surface area contributed by atoms with Crippen molar-refractivity contribution in [1.82, 2.24) is 24.9 Å². The van der Waals surface area contributed by atoms with Crippen LogP contribution in [0.2, 0.25) is 0 Å². The van der Waals surface area contributed by atoms with E-state index in [0.717, 1.165) is 51.4 Å². The number of carbonyl (C=O) groups is 1. The molecule has 6 nitrogen and oxygen atoms in total. The van der Waals surface area contributed by atoms with Crippen LogP contribution in [0.15, 0.2) is 6.07 Å². The monoisotopic (exact) mass is 347 g/mol. The van der Waals surface area contributed by atoms with Crippen LogP contribution in [0, 0.1) is 0 Å². The van der Waals surface area contributed by atoms with Crippen molar-refractivity contribution in [3.63, 3.8) is 0 Å². The van der Waals surface area contributed by atoms with Gasteiger partial charge in [-0.1, -0.05) is 19.8 Å². The van der Waals surface area contributed by atoms with Crippen LogP contribution in [-0.2, 0) is 24.4 Å². The average molecular weight is 348 g/mol. The fourth-order valence-corrected chi connectivity index (χ4v) is 3.92. The summed E-state index contributed by atoms with van der Waals surface area (Å²) >= 11 is 0. The van der Waals surface area contributed by atoms with Gasteiger partial charge in [0, 0.05) is 19.6 Å². The molecule has 0 unspecified atom stereocenters. The van der Waals surface area contributed by atoms with E-state index in [-0.39, 0.29) is 5.91 Å². The van der Waals surface area contributed by atoms with Crippen LogP contribution in [0.4, 0.5) is 0 Å². The summed E-state index contributed by atoms with van der Waals surface area (Å²) in [7, 11) is 0. The molecular formula is C19H33N5O. The van der Waals surface area contributed by atoms with Gasteiger partial charge in [-0.05, 0) is 51.4 Å². The highest BCUT2D eigenvalue weighted by Crippen LogP contribution is 2.14. The number of fused-ring (bicyclic) bond motifs is 1. The molecule has 1 aromatic rings. The Morgan fingerprint density at radius 3 is 2.60 bits per heavy atom. The van der Waals surface area contributed by atoms with Crippen LogP contribution in [0.25, 0.3) is 0 Å². The highest BCUT2D eigenvalue weighted by Gasteiger charge is 2.17. The van der Waals surface area contributed by atoms with Crippen molar-refractivity contribution in [2.24, 2.45) is 0 Å². The number of rotatable bonds is 6. The SMILES string of the molecule is CCCN1CCCn2nc(CNC(=O)CN3CCCCCC3)cc2C1. The Bertz CT molecular complexity index is 548. The van der Waals surface area contributed by atoms with Crippen molar-refractivity contribution in [3.05, 3.63) is 17.5 Å². The Balaban J connectivity index is 1.48. The number of amides is 1. The van der Waals surface area contributed by atoms with E-state index in [0.29, 0.717) is 13.1 Å². The van der Waals surface area contributed by atoms with Crippen molar-refractivity contribution < 1.29 is 4.79 Å². The van der Waals surface area contributed by atoms with Gasteiger partial charge in [0.1, 0.15) is 0 Å². The minimum Gasteiger partial charge on any atom is -0.349 e. The number of aromatic nitrogens is 2. The molecule has 0 spiro atoms. The van der Waals surface area contributed by atoms with Crippen LogP contribution >= 0.6 is 0 Å². The second-order valence-electron chi connectivity index (χ2n) is 7.45. The Hall–Kier alpha value is -1.40. The van der Waals surface area contributed by atoms with Crippen molar-refractivity contribution >= 4 is 5.91 Å². The van der Waals surface area contributed by atoms with Crippen LogP contribution in [0.5, 0.6) is 0 Å². The molecule has 0 aliphatic carbocycles. The van der Waals surface area contributed by atoms with Crippen molar-refractivity contribution in [1.29, 1.82) is 0 Å². The zero-order valence-corrected chi connectivity index (χ0v) is 15.7. The van der Waals surface area contributed by atoms with E-state index in [2.05, 4.69) is 32.8 Å². The van der Waals surface area contributed by atoms with E-state index in [1.807, 2.05) is 0 Å². The average Bonchev–Trinajstić information content (AvgIpc) is 2.76. The summed E-state index contributed by atoms with van der Waals surface area (Å²) < 4.78 is 2.13. The lowest BCUT2D eigenvalue weighted by atomic mass is 10.2. The fourth-order valence-electron chi connectivity index (χ4n) is 3.92. The first kappa shape index (κ1) is 18.4. The third kappa shape index (κ3) is 5.54. The lowest BCUT2D eigenvalue weighted by Gasteiger charge is -2.18. The van der Waals surface area contributed by atoms with Crippen LogP contribution in [0.1, 0.15) is 56.8 Å². The molecule has 6 heteroatoms. The maximum Gasteiger partial charge on any atom is 0.234 e. The molecule has 0 atom stereocenters. The van der Waals surface area contributed by atoms with E-state index < -0.39 is 0 Å². The molecule has 2 aliphatic rings. The van der Waals surface area contributed by atoms with Gasteiger partial charge in [0.15, 0.2) is 0 Å². The quantitative estimate of drug-likeness (QED) is 0.855. The first-order valence-corrected chi connectivity index (χ1v) is 10.0. The fraction of sp³-hybridized carbons (Fsp3) is 0.789. The minimum absolute atomic E-state index is 0.123. The van der Waals surface area contributed by atoms with Gasteiger partial charge in [0.2, 0.25) is 5.91 Å². The standard InChI is InChI=1S/C19H33N5O/c1-2-8-22-11-7-12-24-18(15-22)13-17(21-24)14-20-19(25)16-23-9-5-3-4-6-10-23/h13H,2-12,14-16H2,1H3,(H,20,25). The van der Waals surface area contributed by atoms with Crippen LogP contribution < -0.4 is 5.32 Å². The molecule has 1 fully saturated rings. The number of hydrogen-bond donors (Lipinski definition) is 1. The molecule has 1 aromatic heterocycles. The van der Waals surface area contributed by atoms with E-state index in [1.54, 1.807) is 0 Å². The minimum atomic E-state index is 0.123. The molecule has 1 saturated heterocycles. The van der Waals surface area contributed by atoms with Crippen LogP contribution in [0.3, 0.4) is 0 Å². The molecule has 140 valence electrons. The van der Waals surface area contributed by atoms with Gasteiger partial charge in [-0.2, -0.15) is 5.10 Å². The molecule has 0 saturated carbocycles. The molecule has 0 aromatic carbocycles. The topological polar surface area (TPSA) is 53.4 Å². The van der Waals surface area contributed by atoms with Gasteiger partial charge in [-0.25, -0.2) is 0 Å². The second-order valence-corrected chi connectivity index (χ2v) is 7.45. The van der Waals surface area contributed by atoms with E-state index in [1.165, 1.54) is 37.8 Å². The Morgan fingerprint density at radius 1 is 1.08 bits per heavy atom. The summed E-state index contributed by atoms with van der Waals surface area (Å²) in [6.07, 6.45) is 7.37. The molecule has 2 aliphatic heterocycles. The van der Waals surface area contributed by atoms with E-state index in [9.17, 15) is 4.79 Å². The van der Waals surface area contributed by atoms with Gasteiger partial charge in [0.05, 0.1) is 24.5 Å². The zero-order valence-electron chi connectivity index (χ0n) is 15.7. The van der Waals surface area contributed by atoms with Gasteiger partial charge in [-0.15, -0.1) is 0 Å². The van der Waals surface area contributed by atoms with Gasteiger partial charge < -0.3 is 5.32 Å². The van der Waals surface area contributed by atoms with Crippen molar-refractivity contribution in [3.8, 4) is 0 Å². The van der Waals surface area contributed by atoms with Gasteiger partial charge in [0.25, 0.3) is 0 Å². The van der Waals surface area contributed by atoms with E-state index >= 15 is 0 Å². The van der Waals surface area contributed by atoms with Gasteiger partial charge >= 0.3 is 0 Å². The number of nitrogens with one attached hydrogen (secondary N) is 1. The Morgan fingerprint density at radius 2 is 1.84 bits per heavy atom. The predicted octanol–water partition coefficient (Wildman–Crippen LogP) is 1.99. The van der Waals surface area contributed by atoms with E-state index in [4.69, 9.17) is 5.10 Å². The second kappa shape index (κ2) is 9.34. The third-order valence-corrected chi connectivity index (χ3v) is 5.22. The number of likely N-dealkylation sites (tertiary alicyclic amines) is 1. The number of aryl methyl sites for hydroxylation is 1. The molecule has 3 rings (SSSR count). The van der Waals surface area contributed by atoms with Gasteiger partial charge in [-0.3, -0.25) is 19.3 Å². The number of hydrogen-bond acceptors (Lipinski definition) is 4. The largest absolute Gasteiger partial charge is 0.349 e. The molecule has 1 N–H and O–H groups in total. The summed E-state index contributed by atoms with van der Waals surface area (Å²) in [5, 5.41) is 7.76. The summed E-state index contributed by atoms with van der Waals surface area (Å²) in [5.41, 5.74) is 2.26. The number of nitrogens with zero attached hydrogens (tertiary/aromatic N) is 4. The highest BCUT2D eigenvalue weighted by molar-refractivity contribution is 5.77. The first-order valence-electron chi connectivity index (χ1n) is 10.0. The summed E-state index contributed by atoms with van der Waals surface area (Å²) in [6, 6.07) is 2.17. The third-order valence-electron chi connectivity index (χ3n) is 5.22. The smallest absolute Gasteiger partial charge is 0.234 e. The lowest BCUT2D eigenvalue weighted by molar-refractivity contribution is -0.122. The molecule has 3 heterocycles. The molecule has 1 amide bonds. The summed E-state index contributed by atoms with van der Waals surface area (Å²) in [4.78, 5) is 17.0. The Labute approximate surface area is 151 Å². The molecule has 25 heavy (non-hydrogen) atoms. The highest BCUT2D eigenvalue weighted by atomic mass is 16.2. The van der Waals surface area contributed by atoms with Crippen molar-refractivity contribution in [2.45, 2.75) is 65.1 Å². The number of carbonyl (C=O) groups excluding carboxylic acids is 1. The Kier molecular flexibility index (Phi) is 6.87. The van der Waals surface area contributed by atoms with Crippen molar-refractivity contribution in [2.75, 3.05) is 32.7 Å². The molecular weight excluding hydrogens is 314 g/mol. The summed E-state index contributed by atoms with van der Waals surface area (Å²) in [6.45, 7) is 9.66. The maximum absolute atomic E-state index is 12.2. The zero-order chi connectivity index (χ0) is 17.5. The lowest BCUT2D eigenvalue weighted by Crippen LogP contribution is -2.37.